The molecule has 5 nitrogen and oxygen atoms in total. The monoisotopic (exact) mass is 422 g/mol. The third-order valence-electron chi connectivity index (χ3n) is 4.27. The molecule has 7 heteroatoms. The van der Waals surface area contributed by atoms with Crippen molar-refractivity contribution >= 4 is 31.9 Å². The van der Waals surface area contributed by atoms with E-state index in [0.717, 1.165) is 16.5 Å². The van der Waals surface area contributed by atoms with Gasteiger partial charge in [0.2, 0.25) is 15.9 Å². The molecule has 1 aliphatic rings. The Bertz CT molecular complexity index is 881. The Morgan fingerprint density at radius 2 is 1.76 bits per heavy atom. The second-order valence-corrected chi connectivity index (χ2v) is 8.71. The number of fused-ring (bicyclic) bond motifs is 1. The SMILES string of the molecule is CC(NS(=O)(=O)c1ccc(Br)cc1)C(=O)N1CCc2ccccc2C1. The minimum absolute atomic E-state index is 0.138. The molecule has 0 spiro atoms. The zero-order chi connectivity index (χ0) is 18.0. The van der Waals surface area contributed by atoms with Crippen molar-refractivity contribution in [2.45, 2.75) is 30.8 Å². The molecule has 0 aromatic heterocycles. The second-order valence-electron chi connectivity index (χ2n) is 6.08. The fourth-order valence-electron chi connectivity index (χ4n) is 2.92. The van der Waals surface area contributed by atoms with Crippen LogP contribution >= 0.6 is 15.9 Å². The van der Waals surface area contributed by atoms with E-state index in [9.17, 15) is 13.2 Å². The van der Waals surface area contributed by atoms with Crippen LogP contribution in [0.1, 0.15) is 18.1 Å². The predicted octanol–water partition coefficient (Wildman–Crippen LogP) is 2.70. The van der Waals surface area contributed by atoms with Crippen LogP contribution in [0.25, 0.3) is 0 Å². The van der Waals surface area contributed by atoms with E-state index in [2.05, 4.69) is 26.7 Å². The average molecular weight is 423 g/mol. The number of hydrogen-bond donors (Lipinski definition) is 1. The van der Waals surface area contributed by atoms with Crippen molar-refractivity contribution in [2.75, 3.05) is 6.54 Å². The van der Waals surface area contributed by atoms with E-state index in [-0.39, 0.29) is 10.8 Å². The standard InChI is InChI=1S/C18H19BrN2O3S/c1-13(20-25(23,24)17-8-6-16(19)7-9-17)18(22)21-11-10-14-4-2-3-5-15(14)12-21/h2-9,13,20H,10-12H2,1H3. The maximum absolute atomic E-state index is 12.7. The van der Waals surface area contributed by atoms with Crippen molar-refractivity contribution < 1.29 is 13.2 Å². The molecule has 1 amide bonds. The van der Waals surface area contributed by atoms with E-state index in [1.54, 1.807) is 24.0 Å². The number of carbonyl (C=O) groups is 1. The minimum Gasteiger partial charge on any atom is -0.337 e. The van der Waals surface area contributed by atoms with E-state index in [4.69, 9.17) is 0 Å². The maximum Gasteiger partial charge on any atom is 0.241 e. The highest BCUT2D eigenvalue weighted by Crippen LogP contribution is 2.20. The molecule has 132 valence electrons. The zero-order valence-electron chi connectivity index (χ0n) is 13.8. The molecular weight excluding hydrogens is 404 g/mol. The molecule has 1 heterocycles. The number of nitrogens with one attached hydrogen (secondary N) is 1. The van der Waals surface area contributed by atoms with Crippen LogP contribution in [0.2, 0.25) is 0 Å². The number of amides is 1. The first-order chi connectivity index (χ1) is 11.9. The Kier molecular flexibility index (Phi) is 5.27. The first-order valence-electron chi connectivity index (χ1n) is 8.00. The lowest BCUT2D eigenvalue weighted by atomic mass is 9.99. The lowest BCUT2D eigenvalue weighted by molar-refractivity contribution is -0.133. The van der Waals surface area contributed by atoms with E-state index in [0.29, 0.717) is 13.1 Å². The Balaban J connectivity index is 1.70. The molecule has 0 saturated carbocycles. The average Bonchev–Trinajstić information content (AvgIpc) is 2.60. The quantitative estimate of drug-likeness (QED) is 0.823. The Morgan fingerprint density at radius 1 is 1.12 bits per heavy atom. The minimum atomic E-state index is -3.74. The van der Waals surface area contributed by atoms with Crippen LogP contribution in [0, 0.1) is 0 Å². The molecule has 0 bridgehead atoms. The lowest BCUT2D eigenvalue weighted by Gasteiger charge is -2.31. The van der Waals surface area contributed by atoms with Gasteiger partial charge in [-0.05, 0) is 48.7 Å². The summed E-state index contributed by atoms with van der Waals surface area (Å²) < 4.78 is 28.2. The number of carbonyl (C=O) groups excluding carboxylic acids is 1. The van der Waals surface area contributed by atoms with Crippen molar-refractivity contribution in [1.29, 1.82) is 0 Å². The van der Waals surface area contributed by atoms with Gasteiger partial charge in [0.25, 0.3) is 0 Å². The predicted molar refractivity (Wildman–Crippen MR) is 99.5 cm³/mol. The Labute approximate surface area is 156 Å². The van der Waals surface area contributed by atoms with Gasteiger partial charge in [-0.15, -0.1) is 0 Å². The highest BCUT2D eigenvalue weighted by Gasteiger charge is 2.28. The molecule has 0 aliphatic carbocycles. The molecule has 2 aromatic carbocycles. The first kappa shape index (κ1) is 18.1. The van der Waals surface area contributed by atoms with Crippen LogP contribution in [0.15, 0.2) is 57.9 Å². The molecule has 1 unspecified atom stereocenters. The van der Waals surface area contributed by atoms with Crippen molar-refractivity contribution in [3.05, 3.63) is 64.1 Å². The van der Waals surface area contributed by atoms with Gasteiger partial charge in [-0.25, -0.2) is 8.42 Å². The largest absolute Gasteiger partial charge is 0.337 e. The van der Waals surface area contributed by atoms with Gasteiger partial charge in [0, 0.05) is 17.6 Å². The second kappa shape index (κ2) is 7.27. The number of nitrogens with zero attached hydrogens (tertiary/aromatic N) is 1. The molecule has 2 aromatic rings. The summed E-state index contributed by atoms with van der Waals surface area (Å²) in [6, 6.07) is 13.5. The van der Waals surface area contributed by atoms with E-state index in [1.807, 2.05) is 18.2 Å². The summed E-state index contributed by atoms with van der Waals surface area (Å²) in [7, 11) is -3.74. The number of rotatable bonds is 4. The molecule has 1 N–H and O–H groups in total. The third-order valence-corrected chi connectivity index (χ3v) is 6.35. The van der Waals surface area contributed by atoms with E-state index >= 15 is 0 Å². The van der Waals surface area contributed by atoms with Crippen molar-refractivity contribution in [3.63, 3.8) is 0 Å². The maximum atomic E-state index is 12.7. The van der Waals surface area contributed by atoms with Gasteiger partial charge in [-0.2, -0.15) is 4.72 Å². The van der Waals surface area contributed by atoms with E-state index < -0.39 is 16.1 Å². The topological polar surface area (TPSA) is 66.5 Å². The smallest absolute Gasteiger partial charge is 0.241 e. The molecule has 1 atom stereocenters. The lowest BCUT2D eigenvalue weighted by Crippen LogP contribution is -2.48. The van der Waals surface area contributed by atoms with Crippen molar-refractivity contribution in [2.24, 2.45) is 0 Å². The summed E-state index contributed by atoms with van der Waals surface area (Å²) in [6.07, 6.45) is 0.786. The highest BCUT2D eigenvalue weighted by molar-refractivity contribution is 9.10. The molecule has 1 aliphatic heterocycles. The van der Waals surface area contributed by atoms with Gasteiger partial charge in [-0.3, -0.25) is 4.79 Å². The van der Waals surface area contributed by atoms with Gasteiger partial charge in [-0.1, -0.05) is 40.2 Å². The number of halogens is 1. The molecule has 25 heavy (non-hydrogen) atoms. The summed E-state index contributed by atoms with van der Waals surface area (Å²) in [5, 5.41) is 0. The number of sulfonamides is 1. The normalized spacial score (nSPS) is 15.5. The Morgan fingerprint density at radius 3 is 2.44 bits per heavy atom. The van der Waals surface area contributed by atoms with Crippen LogP contribution in [-0.4, -0.2) is 31.8 Å². The zero-order valence-corrected chi connectivity index (χ0v) is 16.2. The van der Waals surface area contributed by atoms with Crippen LogP contribution in [-0.2, 0) is 27.8 Å². The summed E-state index contributed by atoms with van der Waals surface area (Å²) in [5.74, 6) is -0.213. The number of hydrogen-bond acceptors (Lipinski definition) is 3. The fraction of sp³-hybridized carbons (Fsp3) is 0.278. The van der Waals surface area contributed by atoms with Gasteiger partial charge in [0.05, 0.1) is 10.9 Å². The molecule has 0 fully saturated rings. The van der Waals surface area contributed by atoms with E-state index in [1.165, 1.54) is 17.7 Å². The third kappa shape index (κ3) is 4.11. The van der Waals surface area contributed by atoms with Crippen LogP contribution in [0.5, 0.6) is 0 Å². The fourth-order valence-corrected chi connectivity index (χ4v) is 4.38. The molecular formula is C18H19BrN2O3S. The summed E-state index contributed by atoms with van der Waals surface area (Å²) in [5.41, 5.74) is 2.36. The first-order valence-corrected chi connectivity index (χ1v) is 10.3. The highest BCUT2D eigenvalue weighted by atomic mass is 79.9. The van der Waals surface area contributed by atoms with Crippen LogP contribution in [0.3, 0.4) is 0 Å². The summed E-state index contributed by atoms with van der Waals surface area (Å²) >= 11 is 3.28. The van der Waals surface area contributed by atoms with Gasteiger partial charge in [0.1, 0.15) is 0 Å². The Hall–Kier alpha value is -1.70. The van der Waals surface area contributed by atoms with Gasteiger partial charge in [0.15, 0.2) is 0 Å². The summed E-state index contributed by atoms with van der Waals surface area (Å²) in [4.78, 5) is 14.5. The van der Waals surface area contributed by atoms with Crippen molar-refractivity contribution in [3.8, 4) is 0 Å². The van der Waals surface area contributed by atoms with Crippen molar-refractivity contribution in [1.82, 2.24) is 9.62 Å². The molecule has 0 saturated heterocycles. The molecule has 0 radical (unpaired) electrons. The summed E-state index contributed by atoms with van der Waals surface area (Å²) in [6.45, 7) is 2.69. The van der Waals surface area contributed by atoms with Gasteiger partial charge < -0.3 is 4.90 Å². The molecule has 3 rings (SSSR count). The van der Waals surface area contributed by atoms with Gasteiger partial charge >= 0.3 is 0 Å². The number of benzene rings is 2. The van der Waals surface area contributed by atoms with Crippen LogP contribution in [0.4, 0.5) is 0 Å². The van der Waals surface area contributed by atoms with Crippen LogP contribution < -0.4 is 4.72 Å².